The van der Waals surface area contributed by atoms with E-state index in [1.165, 1.54) is 31.2 Å². The fraction of sp³-hybridized carbons (Fsp3) is 0.600. The first kappa shape index (κ1) is 12.9. The molecule has 0 heterocycles. The Bertz CT molecular complexity index is 352. The normalized spacial score (nSPS) is 18.1. The molecule has 0 bridgehead atoms. The summed E-state index contributed by atoms with van der Waals surface area (Å²) >= 11 is 5.95. The fourth-order valence-electron chi connectivity index (χ4n) is 2.47. The highest BCUT2D eigenvalue weighted by Gasteiger charge is 2.37. The zero-order chi connectivity index (χ0) is 12.3. The van der Waals surface area contributed by atoms with Gasteiger partial charge >= 0.3 is 0 Å². The first-order valence-corrected chi connectivity index (χ1v) is 7.01. The Morgan fingerprint density at radius 1 is 1.24 bits per heavy atom. The lowest BCUT2D eigenvalue weighted by atomic mass is 9.71. The van der Waals surface area contributed by atoms with Crippen molar-refractivity contribution in [1.82, 2.24) is 5.32 Å². The third kappa shape index (κ3) is 3.02. The molecule has 1 aromatic carbocycles. The summed E-state index contributed by atoms with van der Waals surface area (Å²) < 4.78 is 0. The lowest BCUT2D eigenvalue weighted by Gasteiger charge is -2.43. The number of hydrogen-bond acceptors (Lipinski definition) is 1. The zero-order valence-electron chi connectivity index (χ0n) is 10.8. The van der Waals surface area contributed by atoms with Crippen molar-refractivity contribution >= 4 is 11.6 Å². The van der Waals surface area contributed by atoms with E-state index in [0.29, 0.717) is 0 Å². The van der Waals surface area contributed by atoms with Gasteiger partial charge in [0, 0.05) is 10.6 Å². The topological polar surface area (TPSA) is 12.0 Å². The maximum Gasteiger partial charge on any atom is 0.0434 e. The highest BCUT2D eigenvalue weighted by atomic mass is 35.5. The van der Waals surface area contributed by atoms with Gasteiger partial charge < -0.3 is 5.32 Å². The first-order chi connectivity index (χ1) is 8.12. The molecular formula is C15H22ClN. The molecule has 0 aliphatic heterocycles. The van der Waals surface area contributed by atoms with Gasteiger partial charge in [-0.3, -0.25) is 0 Å². The van der Waals surface area contributed by atoms with E-state index in [-0.39, 0.29) is 5.54 Å². The van der Waals surface area contributed by atoms with Crippen molar-refractivity contribution in [2.45, 2.75) is 45.1 Å². The van der Waals surface area contributed by atoms with Crippen LogP contribution in [0, 0.1) is 5.92 Å². The van der Waals surface area contributed by atoms with E-state index in [1.54, 1.807) is 0 Å². The molecule has 1 aliphatic rings. The van der Waals surface area contributed by atoms with Crippen LogP contribution >= 0.6 is 11.6 Å². The molecule has 0 radical (unpaired) electrons. The van der Waals surface area contributed by atoms with Crippen LogP contribution in [0.1, 0.15) is 45.1 Å². The molecule has 94 valence electrons. The molecule has 1 aromatic rings. The van der Waals surface area contributed by atoms with Gasteiger partial charge in [-0.25, -0.2) is 0 Å². The summed E-state index contributed by atoms with van der Waals surface area (Å²) in [5.41, 5.74) is 1.64. The van der Waals surface area contributed by atoms with Crippen molar-refractivity contribution in [2.75, 3.05) is 6.54 Å². The van der Waals surface area contributed by atoms with Gasteiger partial charge in [0.2, 0.25) is 0 Å². The van der Waals surface area contributed by atoms with Gasteiger partial charge in [0.15, 0.2) is 0 Å². The van der Waals surface area contributed by atoms with Gasteiger partial charge in [-0.05, 0) is 55.8 Å². The van der Waals surface area contributed by atoms with Crippen LogP contribution in [0.2, 0.25) is 5.02 Å². The smallest absolute Gasteiger partial charge is 0.0434 e. The fourth-order valence-corrected chi connectivity index (χ4v) is 2.59. The number of hydrogen-bond donors (Lipinski definition) is 1. The van der Waals surface area contributed by atoms with E-state index in [0.717, 1.165) is 17.5 Å². The second-order valence-corrected chi connectivity index (χ2v) is 5.99. The van der Waals surface area contributed by atoms with Crippen molar-refractivity contribution in [3.05, 3.63) is 34.9 Å². The molecule has 0 atom stereocenters. The Hall–Kier alpha value is -0.530. The molecule has 1 saturated carbocycles. The van der Waals surface area contributed by atoms with Gasteiger partial charge in [0.25, 0.3) is 0 Å². The molecule has 0 unspecified atom stereocenters. The quantitative estimate of drug-likeness (QED) is 0.820. The predicted molar refractivity (Wildman–Crippen MR) is 74.4 cm³/mol. The van der Waals surface area contributed by atoms with E-state index < -0.39 is 0 Å². The molecule has 0 spiro atoms. The van der Waals surface area contributed by atoms with Gasteiger partial charge in [-0.2, -0.15) is 0 Å². The Labute approximate surface area is 110 Å². The largest absolute Gasteiger partial charge is 0.307 e. The van der Waals surface area contributed by atoms with Gasteiger partial charge in [-0.1, -0.05) is 37.6 Å². The minimum atomic E-state index is 0.236. The summed E-state index contributed by atoms with van der Waals surface area (Å²) in [7, 11) is 0. The number of rotatable bonds is 5. The number of nitrogens with one attached hydrogen (secondary N) is 1. The first-order valence-electron chi connectivity index (χ1n) is 6.63. The second kappa shape index (κ2) is 5.41. The Kier molecular flexibility index (Phi) is 4.11. The molecule has 1 aliphatic carbocycles. The van der Waals surface area contributed by atoms with Crippen LogP contribution in [0.5, 0.6) is 0 Å². The highest BCUT2D eigenvalue weighted by molar-refractivity contribution is 6.30. The monoisotopic (exact) mass is 251 g/mol. The Morgan fingerprint density at radius 2 is 1.88 bits per heavy atom. The Morgan fingerprint density at radius 3 is 2.35 bits per heavy atom. The minimum Gasteiger partial charge on any atom is -0.307 e. The summed E-state index contributed by atoms with van der Waals surface area (Å²) in [6, 6.07) is 8.34. The second-order valence-electron chi connectivity index (χ2n) is 5.55. The van der Waals surface area contributed by atoms with Crippen LogP contribution in [-0.4, -0.2) is 6.54 Å². The summed E-state index contributed by atoms with van der Waals surface area (Å²) in [5, 5.41) is 4.58. The van der Waals surface area contributed by atoms with Crippen molar-refractivity contribution in [3.8, 4) is 0 Å². The van der Waals surface area contributed by atoms with Crippen LogP contribution in [0.4, 0.5) is 0 Å². The van der Waals surface area contributed by atoms with Crippen LogP contribution < -0.4 is 5.32 Å². The minimum absolute atomic E-state index is 0.236. The molecule has 1 nitrogen and oxygen atoms in total. The average molecular weight is 252 g/mol. The lowest BCUT2D eigenvalue weighted by molar-refractivity contribution is 0.183. The molecule has 0 amide bonds. The van der Waals surface area contributed by atoms with Crippen molar-refractivity contribution < 1.29 is 0 Å². The third-order valence-corrected chi connectivity index (χ3v) is 4.04. The van der Waals surface area contributed by atoms with Crippen molar-refractivity contribution in [3.63, 3.8) is 0 Å². The van der Waals surface area contributed by atoms with E-state index >= 15 is 0 Å². The zero-order valence-corrected chi connectivity index (χ0v) is 11.6. The maximum absolute atomic E-state index is 5.95. The third-order valence-electron chi connectivity index (χ3n) is 3.79. The molecule has 1 N–H and O–H groups in total. The predicted octanol–water partition coefficient (Wildman–Crippen LogP) is 4.35. The molecule has 2 rings (SSSR count). The van der Waals surface area contributed by atoms with Gasteiger partial charge in [0.05, 0.1) is 0 Å². The van der Waals surface area contributed by atoms with Crippen LogP contribution in [0.25, 0.3) is 0 Å². The molecule has 0 saturated heterocycles. The average Bonchev–Trinajstić information content (AvgIpc) is 2.23. The maximum atomic E-state index is 5.95. The number of halogens is 1. The van der Waals surface area contributed by atoms with Crippen LogP contribution in [0.3, 0.4) is 0 Å². The summed E-state index contributed by atoms with van der Waals surface area (Å²) in [6.45, 7) is 5.66. The van der Waals surface area contributed by atoms with Crippen molar-refractivity contribution in [2.24, 2.45) is 5.92 Å². The summed E-state index contributed by atoms with van der Waals surface area (Å²) in [6.07, 6.45) is 5.09. The molecule has 1 fully saturated rings. The van der Waals surface area contributed by atoms with E-state index in [1.807, 2.05) is 12.1 Å². The molecule has 17 heavy (non-hydrogen) atoms. The standard InChI is InChI=1S/C15H22ClN/c1-12(2)8-11-17-15(9-3-10-15)13-4-6-14(16)7-5-13/h4-7,12,17H,3,8-11H2,1-2H3. The highest BCUT2D eigenvalue weighted by Crippen LogP contribution is 2.41. The van der Waals surface area contributed by atoms with E-state index in [4.69, 9.17) is 11.6 Å². The summed E-state index contributed by atoms with van der Waals surface area (Å²) in [5.74, 6) is 0.768. The van der Waals surface area contributed by atoms with Crippen LogP contribution in [-0.2, 0) is 5.54 Å². The van der Waals surface area contributed by atoms with E-state index in [2.05, 4.69) is 31.3 Å². The van der Waals surface area contributed by atoms with E-state index in [9.17, 15) is 0 Å². The molecular weight excluding hydrogens is 230 g/mol. The Balaban J connectivity index is 2.01. The molecule has 2 heteroatoms. The SMILES string of the molecule is CC(C)CCNC1(c2ccc(Cl)cc2)CCC1. The van der Waals surface area contributed by atoms with Crippen LogP contribution in [0.15, 0.2) is 24.3 Å². The molecule has 0 aromatic heterocycles. The number of benzene rings is 1. The summed E-state index contributed by atoms with van der Waals surface area (Å²) in [4.78, 5) is 0. The van der Waals surface area contributed by atoms with Gasteiger partial charge in [0.1, 0.15) is 0 Å². The van der Waals surface area contributed by atoms with Crippen molar-refractivity contribution in [1.29, 1.82) is 0 Å². The lowest BCUT2D eigenvalue weighted by Crippen LogP contribution is -2.48. The van der Waals surface area contributed by atoms with Gasteiger partial charge in [-0.15, -0.1) is 0 Å².